The van der Waals surface area contributed by atoms with E-state index in [2.05, 4.69) is 15.9 Å². The van der Waals surface area contributed by atoms with E-state index in [1.807, 2.05) is 30.5 Å². The van der Waals surface area contributed by atoms with Crippen molar-refractivity contribution in [2.75, 3.05) is 6.26 Å². The molecule has 0 fully saturated rings. The second kappa shape index (κ2) is 6.88. The highest BCUT2D eigenvalue weighted by Gasteiger charge is 2.30. The fourth-order valence-electron chi connectivity index (χ4n) is 2.07. The molecule has 0 N–H and O–H groups in total. The highest BCUT2D eigenvalue weighted by molar-refractivity contribution is 9.09. The lowest BCUT2D eigenvalue weighted by Gasteiger charge is -2.14. The highest BCUT2D eigenvalue weighted by Crippen LogP contribution is 2.34. The van der Waals surface area contributed by atoms with E-state index in [0.29, 0.717) is 6.42 Å². The summed E-state index contributed by atoms with van der Waals surface area (Å²) in [5.41, 5.74) is 1.42. The van der Waals surface area contributed by atoms with E-state index in [1.165, 1.54) is 4.90 Å². The molecule has 2 aromatic rings. The van der Waals surface area contributed by atoms with Crippen molar-refractivity contribution in [3.05, 3.63) is 65.2 Å². The molecule has 0 nitrogen and oxygen atoms in total. The predicted octanol–water partition coefficient (Wildman–Crippen LogP) is 6.11. The second-order valence-electron chi connectivity index (χ2n) is 4.61. The molecular weight excluding hydrogens is 361 g/mol. The van der Waals surface area contributed by atoms with Crippen LogP contribution in [0, 0.1) is 0 Å². The first kappa shape index (κ1) is 16.4. The lowest BCUT2D eigenvalue weighted by Crippen LogP contribution is -2.05. The van der Waals surface area contributed by atoms with Crippen LogP contribution in [0.15, 0.2) is 53.4 Å². The third kappa shape index (κ3) is 4.27. The molecule has 0 aliphatic heterocycles. The van der Waals surface area contributed by atoms with Crippen LogP contribution in [0.25, 0.3) is 0 Å². The van der Waals surface area contributed by atoms with Gasteiger partial charge in [0.25, 0.3) is 0 Å². The largest absolute Gasteiger partial charge is 0.416 e. The van der Waals surface area contributed by atoms with Crippen LogP contribution in [-0.4, -0.2) is 6.26 Å². The van der Waals surface area contributed by atoms with Crippen molar-refractivity contribution in [1.29, 1.82) is 0 Å². The van der Waals surface area contributed by atoms with Crippen molar-refractivity contribution in [2.45, 2.75) is 22.3 Å². The van der Waals surface area contributed by atoms with E-state index in [1.54, 1.807) is 23.9 Å². The van der Waals surface area contributed by atoms with Crippen LogP contribution in [0.2, 0.25) is 0 Å². The van der Waals surface area contributed by atoms with Crippen LogP contribution in [0.4, 0.5) is 13.2 Å². The van der Waals surface area contributed by atoms with Crippen LogP contribution in [0.1, 0.15) is 21.5 Å². The summed E-state index contributed by atoms with van der Waals surface area (Å²) in [6, 6.07) is 13.4. The molecule has 0 saturated heterocycles. The summed E-state index contributed by atoms with van der Waals surface area (Å²) in [5.74, 6) is 0. The van der Waals surface area contributed by atoms with E-state index >= 15 is 0 Å². The summed E-state index contributed by atoms with van der Waals surface area (Å²) in [6.45, 7) is 0. The molecule has 21 heavy (non-hydrogen) atoms. The zero-order valence-corrected chi connectivity index (χ0v) is 13.7. The molecule has 0 heterocycles. The smallest absolute Gasteiger partial charge is 0.166 e. The first-order chi connectivity index (χ1) is 9.91. The third-order valence-corrected chi connectivity index (χ3v) is 4.80. The van der Waals surface area contributed by atoms with E-state index < -0.39 is 11.7 Å². The summed E-state index contributed by atoms with van der Waals surface area (Å²) in [4.78, 5) is 1.25. The minimum absolute atomic E-state index is 0.0814. The normalized spacial score (nSPS) is 13.2. The van der Waals surface area contributed by atoms with Crippen molar-refractivity contribution in [3.8, 4) is 0 Å². The number of benzene rings is 2. The minimum atomic E-state index is -4.28. The molecule has 0 aromatic heterocycles. The van der Waals surface area contributed by atoms with Gasteiger partial charge in [0, 0.05) is 9.72 Å². The Morgan fingerprint density at radius 2 is 1.67 bits per heavy atom. The Morgan fingerprint density at radius 3 is 2.24 bits per heavy atom. The molecule has 5 heteroatoms. The molecule has 2 aromatic carbocycles. The fourth-order valence-corrected chi connectivity index (χ4v) is 3.66. The maximum Gasteiger partial charge on any atom is 0.416 e. The average Bonchev–Trinajstić information content (AvgIpc) is 2.46. The van der Waals surface area contributed by atoms with Gasteiger partial charge in [0.1, 0.15) is 0 Å². The SMILES string of the molecule is CSc1ccccc1C(Br)Cc1ccc(C(F)(F)F)cc1. The van der Waals surface area contributed by atoms with Crippen LogP contribution in [0.3, 0.4) is 0 Å². The van der Waals surface area contributed by atoms with Gasteiger partial charge in [-0.3, -0.25) is 0 Å². The number of rotatable bonds is 4. The maximum atomic E-state index is 12.5. The zero-order chi connectivity index (χ0) is 15.5. The molecule has 0 bridgehead atoms. The zero-order valence-electron chi connectivity index (χ0n) is 11.3. The molecule has 0 saturated carbocycles. The van der Waals surface area contributed by atoms with Crippen LogP contribution >= 0.6 is 27.7 Å². The molecule has 0 spiro atoms. The highest BCUT2D eigenvalue weighted by atomic mass is 79.9. The fraction of sp³-hybridized carbons (Fsp3) is 0.250. The molecule has 1 unspecified atom stereocenters. The number of halogens is 4. The molecule has 0 amide bonds. The Bertz CT molecular complexity index is 593. The van der Waals surface area contributed by atoms with Crippen LogP contribution < -0.4 is 0 Å². The average molecular weight is 375 g/mol. The van der Waals surface area contributed by atoms with E-state index in [4.69, 9.17) is 0 Å². The van der Waals surface area contributed by atoms with Crippen molar-refractivity contribution >= 4 is 27.7 Å². The van der Waals surface area contributed by atoms with E-state index in [-0.39, 0.29) is 4.83 Å². The molecular formula is C16H14BrF3S. The van der Waals surface area contributed by atoms with Gasteiger partial charge < -0.3 is 0 Å². The van der Waals surface area contributed by atoms with Gasteiger partial charge in [-0.05, 0) is 42.0 Å². The van der Waals surface area contributed by atoms with Gasteiger partial charge in [0.15, 0.2) is 0 Å². The summed E-state index contributed by atoms with van der Waals surface area (Å²) in [5, 5.41) is 0. The quantitative estimate of drug-likeness (QED) is 0.459. The molecule has 1 atom stereocenters. The first-order valence-electron chi connectivity index (χ1n) is 6.35. The Morgan fingerprint density at radius 1 is 1.05 bits per heavy atom. The van der Waals surface area contributed by atoms with E-state index in [0.717, 1.165) is 23.3 Å². The van der Waals surface area contributed by atoms with Crippen LogP contribution in [0.5, 0.6) is 0 Å². The van der Waals surface area contributed by atoms with Crippen molar-refractivity contribution in [3.63, 3.8) is 0 Å². The van der Waals surface area contributed by atoms with Crippen molar-refractivity contribution in [2.24, 2.45) is 0 Å². The van der Waals surface area contributed by atoms with Gasteiger partial charge in [0.05, 0.1) is 5.56 Å². The number of hydrogen-bond acceptors (Lipinski definition) is 1. The number of hydrogen-bond donors (Lipinski definition) is 0. The van der Waals surface area contributed by atoms with Gasteiger partial charge >= 0.3 is 6.18 Å². The first-order valence-corrected chi connectivity index (χ1v) is 8.49. The predicted molar refractivity (Wildman–Crippen MR) is 85.0 cm³/mol. The standard InChI is InChI=1S/C16H14BrF3S/c1-21-15-5-3-2-4-13(15)14(17)10-11-6-8-12(9-7-11)16(18,19)20/h2-9,14H,10H2,1H3. The monoisotopic (exact) mass is 374 g/mol. The summed E-state index contributed by atoms with van der Waals surface area (Å²) in [6.07, 6.45) is -1.62. The number of alkyl halides is 4. The summed E-state index contributed by atoms with van der Waals surface area (Å²) in [7, 11) is 0. The van der Waals surface area contributed by atoms with Gasteiger partial charge in [-0.15, -0.1) is 11.8 Å². The molecule has 112 valence electrons. The third-order valence-electron chi connectivity index (χ3n) is 3.17. The Balaban J connectivity index is 2.14. The maximum absolute atomic E-state index is 12.5. The van der Waals surface area contributed by atoms with Crippen molar-refractivity contribution in [1.82, 2.24) is 0 Å². The lowest BCUT2D eigenvalue weighted by atomic mass is 10.0. The van der Waals surface area contributed by atoms with Crippen molar-refractivity contribution < 1.29 is 13.2 Å². The van der Waals surface area contributed by atoms with Gasteiger partial charge in [-0.2, -0.15) is 13.2 Å². The molecule has 0 aliphatic rings. The summed E-state index contributed by atoms with van der Waals surface area (Å²) >= 11 is 5.30. The number of thioether (sulfide) groups is 1. The lowest BCUT2D eigenvalue weighted by molar-refractivity contribution is -0.137. The Kier molecular flexibility index (Phi) is 5.38. The molecule has 2 rings (SSSR count). The Labute approximate surface area is 134 Å². The summed E-state index contributed by atoms with van der Waals surface area (Å²) < 4.78 is 37.6. The van der Waals surface area contributed by atoms with E-state index in [9.17, 15) is 13.2 Å². The van der Waals surface area contributed by atoms with Gasteiger partial charge in [0.2, 0.25) is 0 Å². The molecule has 0 radical (unpaired) electrons. The second-order valence-corrected chi connectivity index (χ2v) is 6.56. The minimum Gasteiger partial charge on any atom is -0.166 e. The Hall–Kier alpha value is -0.940. The van der Waals surface area contributed by atoms with Gasteiger partial charge in [-0.25, -0.2) is 0 Å². The van der Waals surface area contributed by atoms with Gasteiger partial charge in [-0.1, -0.05) is 46.3 Å². The van der Waals surface area contributed by atoms with Crippen LogP contribution in [-0.2, 0) is 12.6 Å². The molecule has 0 aliphatic carbocycles. The topological polar surface area (TPSA) is 0 Å².